The number of nitrogens with one attached hydrogen (secondary N) is 1. The second kappa shape index (κ2) is 4.97. The number of anilines is 2. The normalized spacial score (nSPS) is 10.4. The average molecular weight is 261 g/mol. The average Bonchev–Trinajstić information content (AvgIpc) is 2.66. The summed E-state index contributed by atoms with van der Waals surface area (Å²) in [4.78, 5) is 14.8. The quantitative estimate of drug-likeness (QED) is 0.758. The Morgan fingerprint density at radius 3 is 2.84 bits per heavy atom. The molecule has 0 amide bonds. The number of aromatic carboxylic acids is 1. The Kier molecular flexibility index (Phi) is 3.37. The van der Waals surface area contributed by atoms with Gasteiger partial charge in [-0.2, -0.15) is 5.10 Å². The molecule has 19 heavy (non-hydrogen) atoms. The van der Waals surface area contributed by atoms with Crippen LogP contribution in [0.1, 0.15) is 21.6 Å². The van der Waals surface area contributed by atoms with E-state index in [9.17, 15) is 4.79 Å². The summed E-state index contributed by atoms with van der Waals surface area (Å²) in [5.41, 5.74) is 8.09. The fourth-order valence-corrected chi connectivity index (χ4v) is 1.75. The number of aromatic nitrogens is 3. The van der Waals surface area contributed by atoms with Crippen molar-refractivity contribution in [2.75, 3.05) is 11.1 Å². The topological polar surface area (TPSA) is 106 Å². The van der Waals surface area contributed by atoms with Crippen molar-refractivity contribution in [3.05, 3.63) is 35.3 Å². The second-order valence-electron chi connectivity index (χ2n) is 4.23. The van der Waals surface area contributed by atoms with Gasteiger partial charge in [-0.05, 0) is 13.0 Å². The van der Waals surface area contributed by atoms with Gasteiger partial charge in [0.2, 0.25) is 0 Å². The molecule has 0 aliphatic heterocycles. The summed E-state index contributed by atoms with van der Waals surface area (Å²) in [5.74, 6) is -0.581. The molecule has 0 saturated heterocycles. The molecule has 0 unspecified atom stereocenters. The van der Waals surface area contributed by atoms with Crippen molar-refractivity contribution in [3.63, 3.8) is 0 Å². The maximum atomic E-state index is 10.8. The van der Waals surface area contributed by atoms with Gasteiger partial charge >= 0.3 is 5.97 Å². The Bertz CT molecular complexity index is 621. The second-order valence-corrected chi connectivity index (χ2v) is 4.23. The first-order valence-corrected chi connectivity index (χ1v) is 5.69. The number of carboxylic acid groups (broad SMARTS) is 1. The van der Waals surface area contributed by atoms with E-state index in [0.29, 0.717) is 18.1 Å². The van der Waals surface area contributed by atoms with Crippen molar-refractivity contribution in [2.45, 2.75) is 13.5 Å². The van der Waals surface area contributed by atoms with Crippen LogP contribution in [0.3, 0.4) is 0 Å². The highest BCUT2D eigenvalue weighted by atomic mass is 16.4. The molecule has 7 nitrogen and oxygen atoms in total. The number of carbonyl (C=O) groups is 1. The van der Waals surface area contributed by atoms with Crippen LogP contribution in [0.4, 0.5) is 11.5 Å². The summed E-state index contributed by atoms with van der Waals surface area (Å²) in [5, 5.41) is 16.1. The Morgan fingerprint density at radius 1 is 1.58 bits per heavy atom. The number of hydrogen-bond acceptors (Lipinski definition) is 5. The smallest absolute Gasteiger partial charge is 0.337 e. The SMILES string of the molecule is Cc1nn(C)cc1CNc1ncc(C(=O)O)cc1N. The first kappa shape index (κ1) is 12.9. The lowest BCUT2D eigenvalue weighted by Crippen LogP contribution is -2.07. The van der Waals surface area contributed by atoms with Crippen LogP contribution in [0.5, 0.6) is 0 Å². The van der Waals surface area contributed by atoms with Crippen LogP contribution < -0.4 is 11.1 Å². The molecule has 100 valence electrons. The van der Waals surface area contributed by atoms with Crippen molar-refractivity contribution in [2.24, 2.45) is 7.05 Å². The zero-order chi connectivity index (χ0) is 14.0. The van der Waals surface area contributed by atoms with E-state index in [1.807, 2.05) is 20.2 Å². The number of pyridine rings is 1. The van der Waals surface area contributed by atoms with Gasteiger partial charge in [0.25, 0.3) is 0 Å². The molecule has 0 saturated carbocycles. The predicted molar refractivity (Wildman–Crippen MR) is 70.9 cm³/mol. The highest BCUT2D eigenvalue weighted by molar-refractivity contribution is 5.89. The molecular weight excluding hydrogens is 246 g/mol. The third-order valence-corrected chi connectivity index (χ3v) is 2.73. The van der Waals surface area contributed by atoms with Gasteiger partial charge < -0.3 is 16.2 Å². The monoisotopic (exact) mass is 261 g/mol. The molecule has 0 aromatic carbocycles. The zero-order valence-corrected chi connectivity index (χ0v) is 10.7. The summed E-state index contributed by atoms with van der Waals surface area (Å²) < 4.78 is 1.73. The lowest BCUT2D eigenvalue weighted by molar-refractivity contribution is 0.0696. The van der Waals surface area contributed by atoms with Crippen molar-refractivity contribution in [1.82, 2.24) is 14.8 Å². The van der Waals surface area contributed by atoms with Gasteiger partial charge in [-0.25, -0.2) is 9.78 Å². The van der Waals surface area contributed by atoms with Crippen LogP contribution in [0, 0.1) is 6.92 Å². The van der Waals surface area contributed by atoms with Crippen LogP contribution in [0.2, 0.25) is 0 Å². The number of nitrogen functional groups attached to an aromatic ring is 1. The van der Waals surface area contributed by atoms with Crippen molar-refractivity contribution in [3.8, 4) is 0 Å². The molecule has 7 heteroatoms. The summed E-state index contributed by atoms with van der Waals surface area (Å²) in [7, 11) is 1.85. The molecule has 0 spiro atoms. The Balaban J connectivity index is 2.12. The van der Waals surface area contributed by atoms with E-state index in [4.69, 9.17) is 10.8 Å². The van der Waals surface area contributed by atoms with Gasteiger partial charge in [0.1, 0.15) is 5.82 Å². The van der Waals surface area contributed by atoms with E-state index in [1.54, 1.807) is 4.68 Å². The van der Waals surface area contributed by atoms with E-state index >= 15 is 0 Å². The Hall–Kier alpha value is -2.57. The van der Waals surface area contributed by atoms with Crippen molar-refractivity contribution >= 4 is 17.5 Å². The molecule has 2 heterocycles. The molecule has 0 bridgehead atoms. The van der Waals surface area contributed by atoms with Crippen molar-refractivity contribution in [1.29, 1.82) is 0 Å². The summed E-state index contributed by atoms with van der Waals surface area (Å²) in [6.07, 6.45) is 3.18. The van der Waals surface area contributed by atoms with E-state index in [-0.39, 0.29) is 5.56 Å². The van der Waals surface area contributed by atoms with E-state index in [1.165, 1.54) is 12.3 Å². The minimum Gasteiger partial charge on any atom is -0.478 e. The van der Waals surface area contributed by atoms with Crippen molar-refractivity contribution < 1.29 is 9.90 Å². The van der Waals surface area contributed by atoms with Gasteiger partial charge in [-0.3, -0.25) is 4.68 Å². The van der Waals surface area contributed by atoms with Crippen LogP contribution in [0.25, 0.3) is 0 Å². The lowest BCUT2D eigenvalue weighted by Gasteiger charge is -2.08. The standard InChI is InChI=1S/C12H15N5O2/c1-7-9(6-17(2)16-7)5-15-11-10(13)3-8(4-14-11)12(18)19/h3-4,6H,5,13H2,1-2H3,(H,14,15)(H,18,19). The molecule has 2 aromatic heterocycles. The predicted octanol–water partition coefficient (Wildman–Crippen LogP) is 1.02. The summed E-state index contributed by atoms with van der Waals surface area (Å²) in [6, 6.07) is 1.38. The number of nitrogens with zero attached hydrogens (tertiary/aromatic N) is 3. The van der Waals surface area contributed by atoms with Gasteiger partial charge in [-0.1, -0.05) is 0 Å². The van der Waals surface area contributed by atoms with Crippen LogP contribution >= 0.6 is 0 Å². The largest absolute Gasteiger partial charge is 0.478 e. The number of nitrogens with two attached hydrogens (primary N) is 1. The third kappa shape index (κ3) is 2.82. The lowest BCUT2D eigenvalue weighted by atomic mass is 10.2. The molecule has 0 aliphatic rings. The Labute approximate surface area is 110 Å². The van der Waals surface area contributed by atoms with E-state index in [2.05, 4.69) is 15.4 Å². The van der Waals surface area contributed by atoms with E-state index in [0.717, 1.165) is 11.3 Å². The maximum Gasteiger partial charge on any atom is 0.337 e. The molecule has 0 atom stereocenters. The number of carboxylic acids is 1. The van der Waals surface area contributed by atoms with Gasteiger partial charge in [0.15, 0.2) is 0 Å². The molecule has 2 rings (SSSR count). The molecule has 0 fully saturated rings. The maximum absolute atomic E-state index is 10.8. The molecule has 2 aromatic rings. The van der Waals surface area contributed by atoms with Gasteiger partial charge in [0, 0.05) is 31.5 Å². The summed E-state index contributed by atoms with van der Waals surface area (Å²) in [6.45, 7) is 2.45. The first-order chi connectivity index (χ1) is 8.97. The molecule has 4 N–H and O–H groups in total. The number of aryl methyl sites for hydroxylation is 2. The minimum absolute atomic E-state index is 0.0700. The van der Waals surface area contributed by atoms with Crippen LogP contribution in [0.15, 0.2) is 18.5 Å². The highest BCUT2D eigenvalue weighted by Crippen LogP contribution is 2.17. The third-order valence-electron chi connectivity index (χ3n) is 2.73. The van der Waals surface area contributed by atoms with Gasteiger partial charge in [-0.15, -0.1) is 0 Å². The molecule has 0 aliphatic carbocycles. The van der Waals surface area contributed by atoms with Gasteiger partial charge in [0.05, 0.1) is 16.9 Å². The number of hydrogen-bond donors (Lipinski definition) is 3. The molecular formula is C12H15N5O2. The molecule has 0 radical (unpaired) electrons. The van der Waals surface area contributed by atoms with E-state index < -0.39 is 5.97 Å². The van der Waals surface area contributed by atoms with Crippen LogP contribution in [-0.4, -0.2) is 25.8 Å². The number of rotatable bonds is 4. The zero-order valence-electron chi connectivity index (χ0n) is 10.7. The fraction of sp³-hybridized carbons (Fsp3) is 0.250. The Morgan fingerprint density at radius 2 is 2.32 bits per heavy atom. The first-order valence-electron chi connectivity index (χ1n) is 5.69. The fourth-order valence-electron chi connectivity index (χ4n) is 1.75. The van der Waals surface area contributed by atoms with Crippen LogP contribution in [-0.2, 0) is 13.6 Å². The highest BCUT2D eigenvalue weighted by Gasteiger charge is 2.08. The summed E-state index contributed by atoms with van der Waals surface area (Å²) >= 11 is 0. The minimum atomic E-state index is -1.05.